The molecule has 0 aromatic rings. The minimum absolute atomic E-state index is 0.0310. The smallest absolute Gasteiger partial charge is 0.246 e. The molecule has 4 atom stereocenters. The van der Waals surface area contributed by atoms with Gasteiger partial charge in [0.15, 0.2) is 0 Å². The van der Waals surface area contributed by atoms with Gasteiger partial charge in [0.25, 0.3) is 0 Å². The van der Waals surface area contributed by atoms with Crippen molar-refractivity contribution >= 4 is 11.8 Å². The minimum atomic E-state index is -0.320. The highest BCUT2D eigenvalue weighted by atomic mass is 16.2. The van der Waals surface area contributed by atoms with Crippen LogP contribution in [0.5, 0.6) is 0 Å². The lowest BCUT2D eigenvalue weighted by Crippen LogP contribution is -2.59. The summed E-state index contributed by atoms with van der Waals surface area (Å²) in [7, 11) is 3.52. The number of nitrogens with zero attached hydrogens (tertiary/aromatic N) is 2. The molecule has 0 radical (unpaired) electrons. The SMILES string of the molecule is CN(C)C(=O)C1CNCCN1C(=O)CC1CC2CCC1C2. The fourth-order valence-corrected chi connectivity index (χ4v) is 4.49. The highest BCUT2D eigenvalue weighted by molar-refractivity contribution is 5.88. The van der Waals surface area contributed by atoms with Crippen LogP contribution in [0.4, 0.5) is 0 Å². The van der Waals surface area contributed by atoms with E-state index < -0.39 is 0 Å². The van der Waals surface area contributed by atoms with Gasteiger partial charge < -0.3 is 15.1 Å². The van der Waals surface area contributed by atoms with Crippen LogP contribution in [-0.2, 0) is 9.59 Å². The van der Waals surface area contributed by atoms with Crippen LogP contribution in [-0.4, -0.2) is 61.4 Å². The maximum Gasteiger partial charge on any atom is 0.246 e. The molecule has 3 fully saturated rings. The third-order valence-corrected chi connectivity index (χ3v) is 5.61. The van der Waals surface area contributed by atoms with Gasteiger partial charge in [0.05, 0.1) is 0 Å². The molecular weight excluding hydrogens is 266 g/mol. The van der Waals surface area contributed by atoms with Crippen LogP contribution in [0.15, 0.2) is 0 Å². The summed E-state index contributed by atoms with van der Waals surface area (Å²) in [4.78, 5) is 28.4. The van der Waals surface area contributed by atoms with Gasteiger partial charge in [-0.15, -0.1) is 0 Å². The van der Waals surface area contributed by atoms with Crippen LogP contribution in [0.1, 0.15) is 32.1 Å². The molecule has 118 valence electrons. The van der Waals surface area contributed by atoms with E-state index in [0.29, 0.717) is 25.4 Å². The lowest BCUT2D eigenvalue weighted by atomic mass is 9.86. The van der Waals surface area contributed by atoms with E-state index in [1.54, 1.807) is 19.0 Å². The van der Waals surface area contributed by atoms with Crippen LogP contribution in [0.25, 0.3) is 0 Å². The summed E-state index contributed by atoms with van der Waals surface area (Å²) >= 11 is 0. The first-order valence-electron chi connectivity index (χ1n) is 8.27. The van der Waals surface area contributed by atoms with Crippen molar-refractivity contribution in [2.75, 3.05) is 33.7 Å². The lowest BCUT2D eigenvalue weighted by molar-refractivity contribution is -0.146. The Balaban J connectivity index is 1.62. The van der Waals surface area contributed by atoms with E-state index in [1.807, 2.05) is 4.90 Å². The Labute approximate surface area is 127 Å². The number of fused-ring (bicyclic) bond motifs is 2. The molecule has 5 heteroatoms. The Kier molecular flexibility index (Phi) is 4.20. The van der Waals surface area contributed by atoms with E-state index in [2.05, 4.69) is 5.32 Å². The Bertz CT molecular complexity index is 424. The lowest BCUT2D eigenvalue weighted by Gasteiger charge is -2.37. The van der Waals surface area contributed by atoms with Crippen LogP contribution < -0.4 is 5.32 Å². The molecule has 3 rings (SSSR count). The average Bonchev–Trinajstić information content (AvgIpc) is 3.08. The second-order valence-electron chi connectivity index (χ2n) is 7.18. The van der Waals surface area contributed by atoms with Crippen molar-refractivity contribution in [3.63, 3.8) is 0 Å². The predicted octanol–water partition coefficient (Wildman–Crippen LogP) is 0.701. The van der Waals surface area contributed by atoms with Gasteiger partial charge in [-0.2, -0.15) is 0 Å². The average molecular weight is 293 g/mol. The van der Waals surface area contributed by atoms with Gasteiger partial charge in [0.2, 0.25) is 11.8 Å². The number of rotatable bonds is 3. The monoisotopic (exact) mass is 293 g/mol. The van der Waals surface area contributed by atoms with Crippen molar-refractivity contribution < 1.29 is 9.59 Å². The van der Waals surface area contributed by atoms with E-state index in [0.717, 1.165) is 18.4 Å². The van der Waals surface area contributed by atoms with Crippen LogP contribution in [0, 0.1) is 17.8 Å². The van der Waals surface area contributed by atoms with Gasteiger partial charge in [-0.25, -0.2) is 0 Å². The van der Waals surface area contributed by atoms with Gasteiger partial charge in [0.1, 0.15) is 6.04 Å². The van der Waals surface area contributed by atoms with E-state index >= 15 is 0 Å². The van der Waals surface area contributed by atoms with Gasteiger partial charge in [-0.3, -0.25) is 9.59 Å². The number of amides is 2. The fraction of sp³-hybridized carbons (Fsp3) is 0.875. The van der Waals surface area contributed by atoms with Crippen molar-refractivity contribution in [3.05, 3.63) is 0 Å². The zero-order valence-electron chi connectivity index (χ0n) is 13.2. The van der Waals surface area contributed by atoms with E-state index in [4.69, 9.17) is 0 Å². The number of nitrogens with one attached hydrogen (secondary N) is 1. The molecule has 2 bridgehead atoms. The molecule has 1 N–H and O–H groups in total. The summed E-state index contributed by atoms with van der Waals surface area (Å²) in [6.07, 6.45) is 5.89. The minimum Gasteiger partial charge on any atom is -0.347 e. The van der Waals surface area contributed by atoms with Gasteiger partial charge in [-0.1, -0.05) is 6.42 Å². The third-order valence-electron chi connectivity index (χ3n) is 5.61. The first kappa shape index (κ1) is 14.8. The number of carbonyl (C=O) groups excluding carboxylic acids is 2. The largest absolute Gasteiger partial charge is 0.347 e. The summed E-state index contributed by atoms with van der Waals surface area (Å²) in [5, 5.41) is 3.23. The third kappa shape index (κ3) is 2.93. The fourth-order valence-electron chi connectivity index (χ4n) is 4.49. The molecule has 2 saturated carbocycles. The maximum absolute atomic E-state index is 12.7. The topological polar surface area (TPSA) is 52.7 Å². The van der Waals surface area contributed by atoms with Crippen LogP contribution in [0.3, 0.4) is 0 Å². The van der Waals surface area contributed by atoms with Crippen LogP contribution in [0.2, 0.25) is 0 Å². The van der Waals surface area contributed by atoms with E-state index in [1.165, 1.54) is 25.7 Å². The van der Waals surface area contributed by atoms with Crippen molar-refractivity contribution in [1.29, 1.82) is 0 Å². The van der Waals surface area contributed by atoms with Gasteiger partial charge >= 0.3 is 0 Å². The van der Waals surface area contributed by atoms with Crippen molar-refractivity contribution in [3.8, 4) is 0 Å². The molecule has 2 aliphatic carbocycles. The zero-order valence-corrected chi connectivity index (χ0v) is 13.2. The first-order valence-corrected chi connectivity index (χ1v) is 8.27. The summed E-state index contributed by atoms with van der Waals surface area (Å²) < 4.78 is 0. The summed E-state index contributed by atoms with van der Waals surface area (Å²) in [6, 6.07) is -0.320. The molecule has 1 saturated heterocycles. The molecule has 1 aliphatic heterocycles. The van der Waals surface area contributed by atoms with Crippen LogP contribution >= 0.6 is 0 Å². The molecule has 4 unspecified atom stereocenters. The van der Waals surface area contributed by atoms with Crippen molar-refractivity contribution in [2.45, 2.75) is 38.1 Å². The molecule has 5 nitrogen and oxygen atoms in total. The Morgan fingerprint density at radius 3 is 2.67 bits per heavy atom. The molecule has 3 aliphatic rings. The van der Waals surface area contributed by atoms with Gasteiger partial charge in [0, 0.05) is 40.2 Å². The second-order valence-corrected chi connectivity index (χ2v) is 7.18. The van der Waals surface area contributed by atoms with E-state index in [-0.39, 0.29) is 17.9 Å². The Morgan fingerprint density at radius 1 is 1.24 bits per heavy atom. The standard InChI is InChI=1S/C16H27N3O2/c1-18(2)16(21)14-10-17-5-6-19(14)15(20)9-13-8-11-3-4-12(13)7-11/h11-14,17H,3-10H2,1-2H3. The van der Waals surface area contributed by atoms with Crippen molar-refractivity contribution in [2.24, 2.45) is 17.8 Å². The highest BCUT2D eigenvalue weighted by Gasteiger charge is 2.42. The summed E-state index contributed by atoms with van der Waals surface area (Å²) in [6.45, 7) is 2.03. The quantitative estimate of drug-likeness (QED) is 0.833. The molecule has 2 amide bonds. The summed E-state index contributed by atoms with van der Waals surface area (Å²) in [5.41, 5.74) is 0. The molecule has 0 aromatic heterocycles. The molecule has 1 heterocycles. The molecular formula is C16H27N3O2. The predicted molar refractivity (Wildman–Crippen MR) is 80.6 cm³/mol. The number of hydrogen-bond donors (Lipinski definition) is 1. The molecule has 0 aromatic carbocycles. The van der Waals surface area contributed by atoms with E-state index in [9.17, 15) is 9.59 Å². The Hall–Kier alpha value is -1.10. The number of carbonyl (C=O) groups is 2. The van der Waals surface area contributed by atoms with Gasteiger partial charge in [-0.05, 0) is 37.0 Å². The normalized spacial score (nSPS) is 35.0. The molecule has 0 spiro atoms. The van der Waals surface area contributed by atoms with Crippen molar-refractivity contribution in [1.82, 2.24) is 15.1 Å². The maximum atomic E-state index is 12.7. The zero-order chi connectivity index (χ0) is 15.0. The number of hydrogen-bond acceptors (Lipinski definition) is 3. The second kappa shape index (κ2) is 5.95. The first-order chi connectivity index (χ1) is 10.1. The highest BCUT2D eigenvalue weighted by Crippen LogP contribution is 2.49. The molecule has 21 heavy (non-hydrogen) atoms. The Morgan fingerprint density at radius 2 is 2.05 bits per heavy atom. The number of likely N-dealkylation sites (N-methyl/N-ethyl adjacent to an activating group) is 1. The summed E-state index contributed by atoms with van der Waals surface area (Å²) in [5.74, 6) is 2.43. The number of piperazine rings is 1.